The van der Waals surface area contributed by atoms with Gasteiger partial charge in [0, 0.05) is 11.4 Å². The topological polar surface area (TPSA) is 64.6 Å². The zero-order valence-electron chi connectivity index (χ0n) is 14.5. The van der Waals surface area contributed by atoms with Crippen molar-refractivity contribution >= 4 is 23.7 Å². The molecule has 2 aromatic rings. The number of benzene rings is 2. The molecule has 0 spiro atoms. The monoisotopic (exact) mass is 415 g/mol. The molecule has 0 aliphatic carbocycles. The van der Waals surface area contributed by atoms with E-state index in [1.165, 1.54) is 0 Å². The predicted molar refractivity (Wildman–Crippen MR) is 95.7 cm³/mol. The lowest BCUT2D eigenvalue weighted by Crippen LogP contribution is -2.44. The number of ether oxygens (including phenoxy) is 2. The smallest absolute Gasteiger partial charge is 0.422 e. The Kier molecular flexibility index (Phi) is 7.69. The summed E-state index contributed by atoms with van der Waals surface area (Å²) >= 11 is 6.02. The molecule has 1 N–H and O–H groups in total. The molecule has 0 fully saturated rings. The second kappa shape index (κ2) is 9.98. The number of amides is 1. The van der Waals surface area contributed by atoms with Crippen molar-refractivity contribution in [1.29, 1.82) is 0 Å². The lowest BCUT2D eigenvalue weighted by Gasteiger charge is -2.19. The number of rotatable bonds is 7. The molecule has 2 rings (SSSR count). The standard InChI is InChI=1S/C19H17ClF3NO4/c20-15-9-5-4-8-14(15)10-16(17(25)28-12-19(21,22)23)24-18(26)27-11-13-6-2-1-3-7-13/h1-9,16H,10-12H2,(H,24,26). The molecule has 0 saturated carbocycles. The minimum atomic E-state index is -4.68. The Balaban J connectivity index is 2.03. The van der Waals surface area contributed by atoms with Gasteiger partial charge in [-0.1, -0.05) is 60.1 Å². The highest BCUT2D eigenvalue weighted by molar-refractivity contribution is 6.31. The summed E-state index contributed by atoms with van der Waals surface area (Å²) in [5.41, 5.74) is 1.17. The van der Waals surface area contributed by atoms with E-state index in [1.807, 2.05) is 0 Å². The van der Waals surface area contributed by atoms with Crippen molar-refractivity contribution in [3.05, 3.63) is 70.7 Å². The van der Waals surface area contributed by atoms with Crippen LogP contribution in [0.1, 0.15) is 11.1 Å². The van der Waals surface area contributed by atoms with Gasteiger partial charge in [-0.05, 0) is 17.2 Å². The second-order valence-electron chi connectivity index (χ2n) is 5.78. The van der Waals surface area contributed by atoms with Gasteiger partial charge in [0.15, 0.2) is 6.61 Å². The highest BCUT2D eigenvalue weighted by atomic mass is 35.5. The number of esters is 1. The lowest BCUT2D eigenvalue weighted by molar-refractivity contribution is -0.187. The first-order valence-electron chi connectivity index (χ1n) is 8.18. The molecular formula is C19H17ClF3NO4. The van der Waals surface area contributed by atoms with Crippen LogP contribution in [0.3, 0.4) is 0 Å². The fraction of sp³-hybridized carbons (Fsp3) is 0.263. The van der Waals surface area contributed by atoms with Crippen LogP contribution in [0.4, 0.5) is 18.0 Å². The maximum atomic E-state index is 12.3. The Hall–Kier alpha value is -2.74. The Morgan fingerprint density at radius 1 is 1.00 bits per heavy atom. The molecule has 28 heavy (non-hydrogen) atoms. The molecular weight excluding hydrogens is 399 g/mol. The van der Waals surface area contributed by atoms with E-state index in [1.54, 1.807) is 54.6 Å². The lowest BCUT2D eigenvalue weighted by atomic mass is 10.1. The normalized spacial score (nSPS) is 12.1. The van der Waals surface area contributed by atoms with Crippen LogP contribution in [0.2, 0.25) is 5.02 Å². The maximum absolute atomic E-state index is 12.3. The third kappa shape index (κ3) is 7.48. The second-order valence-corrected chi connectivity index (χ2v) is 6.18. The van der Waals surface area contributed by atoms with Crippen LogP contribution < -0.4 is 5.32 Å². The van der Waals surface area contributed by atoms with Gasteiger partial charge in [0.05, 0.1) is 0 Å². The summed E-state index contributed by atoms with van der Waals surface area (Å²) in [5.74, 6) is -1.24. The Labute approximate surface area is 164 Å². The van der Waals surface area contributed by atoms with Crippen LogP contribution in [0.5, 0.6) is 0 Å². The molecule has 9 heteroatoms. The van der Waals surface area contributed by atoms with E-state index < -0.39 is 30.9 Å². The number of carbonyl (C=O) groups is 2. The zero-order chi connectivity index (χ0) is 20.6. The van der Waals surface area contributed by atoms with Crippen molar-refractivity contribution in [2.75, 3.05) is 6.61 Å². The summed E-state index contributed by atoms with van der Waals surface area (Å²) in [6.45, 7) is -1.82. The highest BCUT2D eigenvalue weighted by Gasteiger charge is 2.32. The average molecular weight is 416 g/mol. The zero-order valence-corrected chi connectivity index (χ0v) is 15.3. The van der Waals surface area contributed by atoms with E-state index in [-0.39, 0.29) is 13.0 Å². The fourth-order valence-corrected chi connectivity index (χ4v) is 2.45. The first-order chi connectivity index (χ1) is 13.2. The van der Waals surface area contributed by atoms with E-state index in [0.29, 0.717) is 16.1 Å². The summed E-state index contributed by atoms with van der Waals surface area (Å²) in [5, 5.41) is 2.54. The van der Waals surface area contributed by atoms with Crippen molar-refractivity contribution in [3.8, 4) is 0 Å². The first-order valence-corrected chi connectivity index (χ1v) is 8.56. The largest absolute Gasteiger partial charge is 0.454 e. The van der Waals surface area contributed by atoms with Gasteiger partial charge in [-0.15, -0.1) is 0 Å². The van der Waals surface area contributed by atoms with Crippen molar-refractivity contribution in [1.82, 2.24) is 5.32 Å². The Morgan fingerprint density at radius 3 is 2.29 bits per heavy atom. The molecule has 0 heterocycles. The van der Waals surface area contributed by atoms with Gasteiger partial charge < -0.3 is 14.8 Å². The molecule has 5 nitrogen and oxygen atoms in total. The predicted octanol–water partition coefficient (Wildman–Crippen LogP) is 4.28. The molecule has 0 aliphatic rings. The fourth-order valence-electron chi connectivity index (χ4n) is 2.24. The van der Waals surface area contributed by atoms with E-state index >= 15 is 0 Å². The number of halogens is 4. The number of alkyl carbamates (subject to hydrolysis) is 1. The first kappa shape index (κ1) is 21.6. The molecule has 1 unspecified atom stereocenters. The van der Waals surface area contributed by atoms with E-state index in [2.05, 4.69) is 10.1 Å². The van der Waals surface area contributed by atoms with Gasteiger partial charge in [-0.3, -0.25) is 0 Å². The van der Waals surface area contributed by atoms with Crippen LogP contribution in [0.25, 0.3) is 0 Å². The van der Waals surface area contributed by atoms with Crippen LogP contribution in [0.15, 0.2) is 54.6 Å². The Bertz CT molecular complexity index is 799. The molecule has 1 atom stereocenters. The minimum absolute atomic E-state index is 0.0664. The number of hydrogen-bond donors (Lipinski definition) is 1. The summed E-state index contributed by atoms with van der Waals surface area (Å²) in [6.07, 6.45) is -5.81. The van der Waals surface area contributed by atoms with Gasteiger partial charge in [0.25, 0.3) is 0 Å². The van der Waals surface area contributed by atoms with Gasteiger partial charge in [0.1, 0.15) is 12.6 Å². The summed E-state index contributed by atoms with van der Waals surface area (Å²) in [6, 6.07) is 13.8. The van der Waals surface area contributed by atoms with Crippen LogP contribution >= 0.6 is 11.6 Å². The van der Waals surface area contributed by atoms with Crippen molar-refractivity contribution < 1.29 is 32.2 Å². The van der Waals surface area contributed by atoms with Crippen LogP contribution in [-0.2, 0) is 27.3 Å². The van der Waals surface area contributed by atoms with Gasteiger partial charge in [-0.25, -0.2) is 9.59 Å². The molecule has 2 aromatic carbocycles. The van der Waals surface area contributed by atoms with Crippen LogP contribution in [-0.4, -0.2) is 30.9 Å². The third-order valence-corrected chi connectivity index (χ3v) is 3.92. The molecule has 0 bridgehead atoms. The summed E-state index contributed by atoms with van der Waals surface area (Å²) in [7, 11) is 0. The van der Waals surface area contributed by atoms with Crippen LogP contribution in [0, 0.1) is 0 Å². The van der Waals surface area contributed by atoms with Crippen molar-refractivity contribution in [3.63, 3.8) is 0 Å². The molecule has 0 aromatic heterocycles. The van der Waals surface area contributed by atoms with E-state index in [0.717, 1.165) is 0 Å². The highest BCUT2D eigenvalue weighted by Crippen LogP contribution is 2.19. The van der Waals surface area contributed by atoms with Gasteiger partial charge in [-0.2, -0.15) is 13.2 Å². The van der Waals surface area contributed by atoms with Gasteiger partial charge in [0.2, 0.25) is 0 Å². The molecule has 150 valence electrons. The van der Waals surface area contributed by atoms with Gasteiger partial charge >= 0.3 is 18.2 Å². The van der Waals surface area contributed by atoms with Crippen molar-refractivity contribution in [2.45, 2.75) is 25.2 Å². The SMILES string of the molecule is O=C(NC(Cc1ccccc1Cl)C(=O)OCC(F)(F)F)OCc1ccccc1. The minimum Gasteiger partial charge on any atom is -0.454 e. The van der Waals surface area contributed by atoms with E-state index in [9.17, 15) is 22.8 Å². The summed E-state index contributed by atoms with van der Waals surface area (Å²) < 4.78 is 46.3. The average Bonchev–Trinajstić information content (AvgIpc) is 2.66. The molecule has 0 aliphatic heterocycles. The van der Waals surface area contributed by atoms with Crippen molar-refractivity contribution in [2.24, 2.45) is 0 Å². The number of hydrogen-bond acceptors (Lipinski definition) is 4. The maximum Gasteiger partial charge on any atom is 0.422 e. The number of alkyl halides is 3. The third-order valence-electron chi connectivity index (χ3n) is 3.55. The quantitative estimate of drug-likeness (QED) is 0.685. The molecule has 1 amide bonds. The number of nitrogens with one attached hydrogen (secondary N) is 1. The molecule has 0 saturated heterocycles. The number of carbonyl (C=O) groups excluding carboxylic acids is 2. The molecule has 0 radical (unpaired) electrons. The summed E-state index contributed by atoms with van der Waals surface area (Å²) in [4.78, 5) is 24.1. The van der Waals surface area contributed by atoms with E-state index in [4.69, 9.17) is 16.3 Å². The Morgan fingerprint density at radius 2 is 1.64 bits per heavy atom.